The first-order valence-corrected chi connectivity index (χ1v) is 7.29. The Kier molecular flexibility index (Phi) is 4.89. The predicted molar refractivity (Wildman–Crippen MR) is 80.5 cm³/mol. The van der Waals surface area contributed by atoms with E-state index < -0.39 is 17.7 Å². The first kappa shape index (κ1) is 15.1. The minimum Gasteiger partial charge on any atom is -0.323 e. The number of halogens is 3. The van der Waals surface area contributed by atoms with Gasteiger partial charge in [0.15, 0.2) is 0 Å². The smallest absolute Gasteiger partial charge is 0.145 e. The maximum atomic E-state index is 14.2. The number of hydrogen-bond acceptors (Lipinski definition) is 1. The van der Waals surface area contributed by atoms with E-state index in [1.165, 1.54) is 12.1 Å². The largest absolute Gasteiger partial charge is 0.323 e. The van der Waals surface area contributed by atoms with E-state index >= 15 is 0 Å². The second kappa shape index (κ2) is 6.46. The Hall–Kier alpha value is -1.26. The molecule has 1 nitrogen and oxygen atoms in total. The summed E-state index contributed by atoms with van der Waals surface area (Å²) in [7, 11) is 0. The van der Waals surface area contributed by atoms with E-state index in [1.54, 1.807) is 0 Å². The Morgan fingerprint density at radius 2 is 1.75 bits per heavy atom. The van der Waals surface area contributed by atoms with Crippen LogP contribution in [0.3, 0.4) is 0 Å². The molecule has 2 aromatic rings. The summed E-state index contributed by atoms with van der Waals surface area (Å²) in [6, 6.07) is 11.4. The zero-order valence-electron chi connectivity index (χ0n) is 11.1. The number of benzene rings is 2. The van der Waals surface area contributed by atoms with Crippen molar-refractivity contribution in [3.8, 4) is 0 Å². The fraction of sp³-hybridized carbons (Fsp3) is 0.250. The van der Waals surface area contributed by atoms with Gasteiger partial charge in [-0.1, -0.05) is 37.3 Å². The highest BCUT2D eigenvalue weighted by molar-refractivity contribution is 9.10. The maximum Gasteiger partial charge on any atom is 0.145 e. The molecular weight excluding hydrogens is 324 g/mol. The number of nitrogens with two attached hydrogens (primary N) is 1. The summed E-state index contributed by atoms with van der Waals surface area (Å²) >= 11 is 3.08. The summed E-state index contributed by atoms with van der Waals surface area (Å²) in [5.74, 6) is -1.35. The van der Waals surface area contributed by atoms with Crippen LogP contribution in [0.25, 0.3) is 0 Å². The summed E-state index contributed by atoms with van der Waals surface area (Å²) in [6.45, 7) is 1.96. The highest BCUT2D eigenvalue weighted by atomic mass is 79.9. The second-order valence-corrected chi connectivity index (χ2v) is 5.56. The quantitative estimate of drug-likeness (QED) is 0.786. The summed E-state index contributed by atoms with van der Waals surface area (Å²) in [4.78, 5) is 0. The van der Waals surface area contributed by atoms with Gasteiger partial charge in [-0.2, -0.15) is 0 Å². The van der Waals surface area contributed by atoms with Crippen molar-refractivity contribution in [3.05, 3.63) is 69.7 Å². The van der Waals surface area contributed by atoms with Crippen LogP contribution in [0.1, 0.15) is 36.4 Å². The van der Waals surface area contributed by atoms with Gasteiger partial charge < -0.3 is 5.73 Å². The van der Waals surface area contributed by atoms with Gasteiger partial charge in [0, 0.05) is 17.5 Å². The Bertz CT molecular complexity index is 587. The lowest BCUT2D eigenvalue weighted by Crippen LogP contribution is -2.22. The van der Waals surface area contributed by atoms with Crippen LogP contribution in [0.4, 0.5) is 8.78 Å². The molecule has 0 aliphatic heterocycles. The highest BCUT2D eigenvalue weighted by Gasteiger charge is 2.26. The highest BCUT2D eigenvalue weighted by Crippen LogP contribution is 2.35. The molecule has 0 spiro atoms. The molecule has 0 saturated heterocycles. The maximum absolute atomic E-state index is 14.2. The molecule has 0 aliphatic rings. The van der Waals surface area contributed by atoms with Crippen LogP contribution in [-0.4, -0.2) is 0 Å². The Morgan fingerprint density at radius 3 is 2.35 bits per heavy atom. The van der Waals surface area contributed by atoms with Crippen LogP contribution >= 0.6 is 15.9 Å². The van der Waals surface area contributed by atoms with Crippen molar-refractivity contribution in [1.29, 1.82) is 0 Å². The molecular formula is C16H16BrF2N. The Balaban J connectivity index is 2.44. The van der Waals surface area contributed by atoms with Crippen LogP contribution < -0.4 is 5.73 Å². The molecule has 0 amide bonds. The molecule has 0 heterocycles. The summed E-state index contributed by atoms with van der Waals surface area (Å²) in [6.07, 6.45) is 0.705. The lowest BCUT2D eigenvalue weighted by Gasteiger charge is -2.24. The third-order valence-electron chi connectivity index (χ3n) is 3.51. The van der Waals surface area contributed by atoms with E-state index in [-0.39, 0.29) is 16.0 Å². The Morgan fingerprint density at radius 1 is 1.10 bits per heavy atom. The first-order valence-electron chi connectivity index (χ1n) is 6.50. The molecule has 0 radical (unpaired) electrons. The third kappa shape index (κ3) is 2.91. The molecule has 2 N–H and O–H groups in total. The van der Waals surface area contributed by atoms with Crippen molar-refractivity contribution < 1.29 is 8.78 Å². The van der Waals surface area contributed by atoms with Gasteiger partial charge in [0.1, 0.15) is 11.6 Å². The standard InChI is InChI=1S/C16H16BrF2N/c1-2-11(10-6-4-3-5-7-10)16(20)14-13(18)9-8-12(17)15(14)19/h3-9,11,16H,2,20H2,1H3. The van der Waals surface area contributed by atoms with E-state index in [0.29, 0.717) is 6.42 Å². The van der Waals surface area contributed by atoms with Crippen LogP contribution in [0.5, 0.6) is 0 Å². The molecule has 0 bridgehead atoms. The number of hydrogen-bond donors (Lipinski definition) is 1. The van der Waals surface area contributed by atoms with Crippen molar-refractivity contribution in [3.63, 3.8) is 0 Å². The van der Waals surface area contributed by atoms with E-state index in [0.717, 1.165) is 5.56 Å². The minimum atomic E-state index is -0.722. The average Bonchev–Trinajstić information content (AvgIpc) is 2.45. The lowest BCUT2D eigenvalue weighted by atomic mass is 9.85. The van der Waals surface area contributed by atoms with Gasteiger partial charge in [-0.05, 0) is 40.0 Å². The molecule has 2 rings (SSSR count). The monoisotopic (exact) mass is 339 g/mol. The summed E-state index contributed by atoms with van der Waals surface area (Å²) in [5.41, 5.74) is 7.08. The van der Waals surface area contributed by atoms with Gasteiger partial charge in [-0.25, -0.2) is 8.78 Å². The predicted octanol–water partition coefficient (Wildman–Crippen LogP) is 4.92. The van der Waals surface area contributed by atoms with Crippen LogP contribution in [0.2, 0.25) is 0 Å². The van der Waals surface area contributed by atoms with Gasteiger partial charge in [-0.3, -0.25) is 0 Å². The molecule has 0 aromatic heterocycles. The topological polar surface area (TPSA) is 26.0 Å². The van der Waals surface area contributed by atoms with Crippen LogP contribution in [-0.2, 0) is 0 Å². The summed E-state index contributed by atoms with van der Waals surface area (Å²) in [5, 5.41) is 0. The zero-order chi connectivity index (χ0) is 14.7. The summed E-state index contributed by atoms with van der Waals surface area (Å²) < 4.78 is 28.3. The molecule has 0 aliphatic carbocycles. The van der Waals surface area contributed by atoms with Crippen molar-refractivity contribution >= 4 is 15.9 Å². The fourth-order valence-corrected chi connectivity index (χ4v) is 2.79. The van der Waals surface area contributed by atoms with Crippen molar-refractivity contribution in [2.75, 3.05) is 0 Å². The molecule has 4 heteroatoms. The van der Waals surface area contributed by atoms with Crippen molar-refractivity contribution in [1.82, 2.24) is 0 Å². The van der Waals surface area contributed by atoms with E-state index in [1.807, 2.05) is 37.3 Å². The van der Waals surface area contributed by atoms with Crippen molar-refractivity contribution in [2.24, 2.45) is 5.73 Å². The van der Waals surface area contributed by atoms with Crippen LogP contribution in [0, 0.1) is 11.6 Å². The zero-order valence-corrected chi connectivity index (χ0v) is 12.7. The second-order valence-electron chi connectivity index (χ2n) is 4.71. The van der Waals surface area contributed by atoms with Gasteiger partial charge in [0.2, 0.25) is 0 Å². The van der Waals surface area contributed by atoms with Crippen molar-refractivity contribution in [2.45, 2.75) is 25.3 Å². The minimum absolute atomic E-state index is 0.0601. The number of rotatable bonds is 4. The van der Waals surface area contributed by atoms with E-state index in [2.05, 4.69) is 15.9 Å². The fourth-order valence-electron chi connectivity index (χ4n) is 2.45. The molecule has 20 heavy (non-hydrogen) atoms. The third-order valence-corrected chi connectivity index (χ3v) is 4.13. The molecule has 2 atom stereocenters. The lowest BCUT2D eigenvalue weighted by molar-refractivity contribution is 0.470. The molecule has 2 aromatic carbocycles. The van der Waals surface area contributed by atoms with Gasteiger partial charge in [0.25, 0.3) is 0 Å². The first-order chi connectivity index (χ1) is 9.56. The SMILES string of the molecule is CCC(c1ccccc1)C(N)c1c(F)ccc(Br)c1F. The average molecular weight is 340 g/mol. The van der Waals surface area contributed by atoms with Gasteiger partial charge >= 0.3 is 0 Å². The normalized spacial score (nSPS) is 14.1. The molecule has 2 unspecified atom stereocenters. The van der Waals surface area contributed by atoms with E-state index in [4.69, 9.17) is 5.73 Å². The molecule has 106 valence electrons. The van der Waals surface area contributed by atoms with Crippen LogP contribution in [0.15, 0.2) is 46.9 Å². The van der Waals surface area contributed by atoms with E-state index in [9.17, 15) is 8.78 Å². The molecule has 0 fully saturated rings. The van der Waals surface area contributed by atoms with Gasteiger partial charge in [-0.15, -0.1) is 0 Å². The molecule has 0 saturated carbocycles. The Labute approximate surface area is 125 Å². The van der Waals surface area contributed by atoms with Gasteiger partial charge in [0.05, 0.1) is 4.47 Å².